The van der Waals surface area contributed by atoms with E-state index in [1.54, 1.807) is 0 Å². The highest BCUT2D eigenvalue weighted by Crippen LogP contribution is 2.26. The van der Waals surface area contributed by atoms with Crippen molar-refractivity contribution in [3.05, 3.63) is 28.9 Å². The summed E-state index contributed by atoms with van der Waals surface area (Å²) >= 11 is 3.48. The molecule has 1 N–H and O–H groups in total. The minimum absolute atomic E-state index is 0.796. The molecule has 1 aromatic heterocycles. The smallest absolute Gasteiger partial charge is 0.121 e. The van der Waals surface area contributed by atoms with Crippen LogP contribution in [0.25, 0.3) is 10.9 Å². The monoisotopic (exact) mass is 267 g/mol. The third-order valence-electron chi connectivity index (χ3n) is 2.37. The molecular formula is C12H14BrNO. The lowest BCUT2D eigenvalue weighted by Crippen LogP contribution is -1.95. The van der Waals surface area contributed by atoms with E-state index in [4.69, 9.17) is 4.74 Å². The number of aromatic nitrogens is 1. The van der Waals surface area contributed by atoms with Gasteiger partial charge in [0, 0.05) is 22.1 Å². The van der Waals surface area contributed by atoms with Gasteiger partial charge in [-0.25, -0.2) is 0 Å². The van der Waals surface area contributed by atoms with Crippen molar-refractivity contribution in [2.24, 2.45) is 0 Å². The van der Waals surface area contributed by atoms with Gasteiger partial charge >= 0.3 is 0 Å². The van der Waals surface area contributed by atoms with Crippen LogP contribution >= 0.6 is 15.9 Å². The first-order chi connectivity index (χ1) is 7.31. The van der Waals surface area contributed by atoms with Gasteiger partial charge in [-0.1, -0.05) is 13.3 Å². The molecule has 1 heterocycles. The van der Waals surface area contributed by atoms with Crippen LogP contribution in [-0.4, -0.2) is 11.6 Å². The van der Waals surface area contributed by atoms with Crippen LogP contribution in [-0.2, 0) is 0 Å². The van der Waals surface area contributed by atoms with Gasteiger partial charge in [-0.15, -0.1) is 0 Å². The van der Waals surface area contributed by atoms with E-state index in [0.717, 1.165) is 35.2 Å². The number of halogens is 1. The van der Waals surface area contributed by atoms with Crippen molar-refractivity contribution >= 4 is 26.8 Å². The number of hydrogen-bond donors (Lipinski definition) is 1. The maximum absolute atomic E-state index is 5.63. The van der Waals surface area contributed by atoms with Gasteiger partial charge < -0.3 is 9.72 Å². The molecule has 0 unspecified atom stereocenters. The van der Waals surface area contributed by atoms with E-state index < -0.39 is 0 Å². The van der Waals surface area contributed by atoms with Gasteiger partial charge in [0.1, 0.15) is 5.75 Å². The molecule has 15 heavy (non-hydrogen) atoms. The lowest BCUT2D eigenvalue weighted by Gasteiger charge is -2.04. The summed E-state index contributed by atoms with van der Waals surface area (Å²) in [7, 11) is 0. The number of fused-ring (bicyclic) bond motifs is 1. The minimum atomic E-state index is 0.796. The van der Waals surface area contributed by atoms with Crippen LogP contribution in [0.1, 0.15) is 19.8 Å². The Morgan fingerprint density at radius 2 is 2.27 bits per heavy atom. The van der Waals surface area contributed by atoms with Crippen molar-refractivity contribution in [1.29, 1.82) is 0 Å². The van der Waals surface area contributed by atoms with Crippen molar-refractivity contribution < 1.29 is 4.74 Å². The van der Waals surface area contributed by atoms with E-state index in [-0.39, 0.29) is 0 Å². The number of rotatable bonds is 4. The summed E-state index contributed by atoms with van der Waals surface area (Å²) in [5.41, 5.74) is 1.11. The average molecular weight is 268 g/mol. The van der Waals surface area contributed by atoms with Gasteiger partial charge in [-0.3, -0.25) is 0 Å². The molecule has 0 spiro atoms. The van der Waals surface area contributed by atoms with Crippen LogP contribution in [0.4, 0.5) is 0 Å². The fraction of sp³-hybridized carbons (Fsp3) is 0.333. The summed E-state index contributed by atoms with van der Waals surface area (Å²) in [5.74, 6) is 0.935. The largest absolute Gasteiger partial charge is 0.494 e. The molecule has 3 heteroatoms. The Kier molecular flexibility index (Phi) is 3.31. The summed E-state index contributed by atoms with van der Waals surface area (Å²) in [5, 5.41) is 1.19. The number of aromatic amines is 1. The van der Waals surface area contributed by atoms with Crippen molar-refractivity contribution in [3.8, 4) is 5.75 Å². The second kappa shape index (κ2) is 4.71. The van der Waals surface area contributed by atoms with Crippen molar-refractivity contribution in [2.75, 3.05) is 6.61 Å². The molecule has 1 aromatic carbocycles. The highest BCUT2D eigenvalue weighted by atomic mass is 79.9. The standard InChI is InChI=1S/C12H14BrNO/c1-2-3-6-15-9-4-5-10-11(13)8-14-12(10)7-9/h4-5,7-8,14H,2-3,6H2,1H3. The first-order valence-corrected chi connectivity index (χ1v) is 6.00. The second-order valence-corrected chi connectivity index (χ2v) is 4.40. The maximum Gasteiger partial charge on any atom is 0.121 e. The van der Waals surface area contributed by atoms with Crippen LogP contribution in [0.2, 0.25) is 0 Å². The van der Waals surface area contributed by atoms with E-state index in [1.807, 2.05) is 18.3 Å². The Hall–Kier alpha value is -0.960. The van der Waals surface area contributed by atoms with Crippen molar-refractivity contribution in [3.63, 3.8) is 0 Å². The third-order valence-corrected chi connectivity index (χ3v) is 3.03. The Morgan fingerprint density at radius 1 is 1.40 bits per heavy atom. The molecule has 0 fully saturated rings. The topological polar surface area (TPSA) is 25.0 Å². The van der Waals surface area contributed by atoms with Crippen LogP contribution in [0.15, 0.2) is 28.9 Å². The molecule has 0 atom stereocenters. The fourth-order valence-corrected chi connectivity index (χ4v) is 1.95. The zero-order valence-electron chi connectivity index (χ0n) is 8.72. The Labute approximate surface area is 97.8 Å². The molecule has 2 nitrogen and oxygen atoms in total. The van der Waals surface area contributed by atoms with E-state index >= 15 is 0 Å². The zero-order valence-corrected chi connectivity index (χ0v) is 10.3. The minimum Gasteiger partial charge on any atom is -0.494 e. The Bertz CT molecular complexity index is 450. The zero-order chi connectivity index (χ0) is 10.7. The molecule has 0 radical (unpaired) electrons. The molecule has 2 aromatic rings. The van der Waals surface area contributed by atoms with Crippen molar-refractivity contribution in [2.45, 2.75) is 19.8 Å². The quantitative estimate of drug-likeness (QED) is 0.829. The number of unbranched alkanes of at least 4 members (excludes halogenated alkanes) is 1. The van der Waals surface area contributed by atoms with Gasteiger partial charge in [0.15, 0.2) is 0 Å². The molecule has 0 aliphatic heterocycles. The normalized spacial score (nSPS) is 10.8. The molecule has 0 aliphatic carbocycles. The summed E-state index contributed by atoms with van der Waals surface area (Å²) in [4.78, 5) is 3.19. The highest BCUT2D eigenvalue weighted by Gasteiger charge is 2.01. The van der Waals surface area contributed by atoms with Gasteiger partial charge in [-0.05, 0) is 34.5 Å². The van der Waals surface area contributed by atoms with Gasteiger partial charge in [0.2, 0.25) is 0 Å². The molecule has 0 saturated heterocycles. The van der Waals surface area contributed by atoms with E-state index in [0.29, 0.717) is 0 Å². The molecule has 0 aliphatic rings. The second-order valence-electron chi connectivity index (χ2n) is 3.55. The van der Waals surface area contributed by atoms with Crippen molar-refractivity contribution in [1.82, 2.24) is 4.98 Å². The van der Waals surface area contributed by atoms with E-state index in [9.17, 15) is 0 Å². The number of benzene rings is 1. The Balaban J connectivity index is 2.16. The number of hydrogen-bond acceptors (Lipinski definition) is 1. The summed E-state index contributed by atoms with van der Waals surface area (Å²) < 4.78 is 6.72. The molecule has 0 amide bonds. The molecule has 2 rings (SSSR count). The molecule has 0 saturated carbocycles. The Morgan fingerprint density at radius 3 is 3.07 bits per heavy atom. The fourth-order valence-electron chi connectivity index (χ4n) is 1.49. The predicted octanol–water partition coefficient (Wildman–Crippen LogP) is 4.11. The molecule has 0 bridgehead atoms. The van der Waals surface area contributed by atoms with Gasteiger partial charge in [0.05, 0.1) is 12.1 Å². The SMILES string of the molecule is CCCCOc1ccc2c(Br)c[nH]c2c1. The summed E-state index contributed by atoms with van der Waals surface area (Å²) in [6.45, 7) is 2.96. The maximum atomic E-state index is 5.63. The van der Waals surface area contributed by atoms with E-state index in [1.165, 1.54) is 5.39 Å². The van der Waals surface area contributed by atoms with Crippen LogP contribution < -0.4 is 4.74 Å². The number of H-pyrrole nitrogens is 1. The highest BCUT2D eigenvalue weighted by molar-refractivity contribution is 9.10. The molecular weight excluding hydrogens is 254 g/mol. The molecule has 80 valence electrons. The van der Waals surface area contributed by atoms with E-state index in [2.05, 4.69) is 33.9 Å². The van der Waals surface area contributed by atoms with Crippen LogP contribution in [0.3, 0.4) is 0 Å². The predicted molar refractivity (Wildman–Crippen MR) is 66.4 cm³/mol. The first-order valence-electron chi connectivity index (χ1n) is 5.20. The first kappa shape index (κ1) is 10.6. The number of ether oxygens (including phenoxy) is 1. The number of nitrogens with one attached hydrogen (secondary N) is 1. The lowest BCUT2D eigenvalue weighted by atomic mass is 10.2. The average Bonchev–Trinajstić information content (AvgIpc) is 2.61. The van der Waals surface area contributed by atoms with Gasteiger partial charge in [0.25, 0.3) is 0 Å². The van der Waals surface area contributed by atoms with Crippen LogP contribution in [0.5, 0.6) is 5.75 Å². The lowest BCUT2D eigenvalue weighted by molar-refractivity contribution is 0.310. The van der Waals surface area contributed by atoms with Crippen LogP contribution in [0, 0.1) is 0 Å². The van der Waals surface area contributed by atoms with Gasteiger partial charge in [-0.2, -0.15) is 0 Å². The summed E-state index contributed by atoms with van der Waals surface area (Å²) in [6.07, 6.45) is 4.21. The summed E-state index contributed by atoms with van der Waals surface area (Å²) in [6, 6.07) is 6.11. The third kappa shape index (κ3) is 2.34.